The van der Waals surface area contributed by atoms with Crippen LogP contribution in [-0.4, -0.2) is 13.2 Å². The lowest BCUT2D eigenvalue weighted by molar-refractivity contribution is 1.20. The number of hydrogen-bond donors (Lipinski definition) is 1. The van der Waals surface area contributed by atoms with Gasteiger partial charge in [0.1, 0.15) is 0 Å². The van der Waals surface area contributed by atoms with Crippen LogP contribution in [0.15, 0.2) is 24.3 Å². The van der Waals surface area contributed by atoms with E-state index in [1.54, 1.807) is 0 Å². The summed E-state index contributed by atoms with van der Waals surface area (Å²) in [5.74, 6) is 0. The van der Waals surface area contributed by atoms with Crippen molar-refractivity contribution in [2.24, 2.45) is 0 Å². The molecule has 0 aliphatic heterocycles. The van der Waals surface area contributed by atoms with Gasteiger partial charge in [-0.15, -0.1) is 9.24 Å². The summed E-state index contributed by atoms with van der Waals surface area (Å²) < 4.78 is 0. The van der Waals surface area contributed by atoms with E-state index in [0.29, 0.717) is 0 Å². The third-order valence-electron chi connectivity index (χ3n) is 1.51. The van der Waals surface area contributed by atoms with E-state index in [1.807, 2.05) is 12.7 Å². The van der Waals surface area contributed by atoms with Crippen molar-refractivity contribution in [3.63, 3.8) is 0 Å². The minimum absolute atomic E-state index is 0.991. The van der Waals surface area contributed by atoms with Crippen molar-refractivity contribution in [3.05, 3.63) is 29.8 Å². The number of hydrogen-bond acceptors (Lipinski definition) is 1. The SMILES string of the molecule is CCNc1ccccc1C.CP. The van der Waals surface area contributed by atoms with Crippen LogP contribution in [-0.2, 0) is 0 Å². The highest BCUT2D eigenvalue weighted by atomic mass is 31.0. The molecule has 0 aromatic heterocycles. The van der Waals surface area contributed by atoms with Gasteiger partial charge in [-0.3, -0.25) is 0 Å². The lowest BCUT2D eigenvalue weighted by Crippen LogP contribution is -1.97. The normalized spacial score (nSPS) is 8.33. The molecule has 1 unspecified atom stereocenters. The first-order valence-electron chi connectivity index (χ1n) is 4.22. The molecule has 0 amide bonds. The summed E-state index contributed by atoms with van der Waals surface area (Å²) in [4.78, 5) is 0. The second kappa shape index (κ2) is 7.12. The average molecular weight is 183 g/mol. The van der Waals surface area contributed by atoms with E-state index in [2.05, 4.69) is 46.6 Å². The maximum Gasteiger partial charge on any atom is 0.0369 e. The number of para-hydroxylation sites is 1. The molecular formula is C10H18NP. The summed E-state index contributed by atoms with van der Waals surface area (Å²) in [6.45, 7) is 7.12. The molecule has 0 bridgehead atoms. The first kappa shape index (κ1) is 11.4. The van der Waals surface area contributed by atoms with E-state index < -0.39 is 0 Å². The van der Waals surface area contributed by atoms with Gasteiger partial charge >= 0.3 is 0 Å². The maximum absolute atomic E-state index is 3.28. The summed E-state index contributed by atoms with van der Waals surface area (Å²) in [7, 11) is 2.42. The molecule has 1 N–H and O–H groups in total. The summed E-state index contributed by atoms with van der Waals surface area (Å²) in [5, 5.41) is 3.28. The molecule has 1 aromatic carbocycles. The molecule has 1 rings (SSSR count). The van der Waals surface area contributed by atoms with Gasteiger partial charge in [-0.25, -0.2) is 0 Å². The second-order valence-electron chi connectivity index (χ2n) is 2.35. The Balaban J connectivity index is 0.000000561. The fourth-order valence-corrected chi connectivity index (χ4v) is 0.962. The summed E-state index contributed by atoms with van der Waals surface area (Å²) >= 11 is 0. The zero-order valence-corrected chi connectivity index (χ0v) is 9.25. The number of anilines is 1. The van der Waals surface area contributed by atoms with Gasteiger partial charge in [0.25, 0.3) is 0 Å². The molecule has 0 spiro atoms. The van der Waals surface area contributed by atoms with Crippen molar-refractivity contribution in [1.82, 2.24) is 0 Å². The molecule has 0 saturated carbocycles. The van der Waals surface area contributed by atoms with Gasteiger partial charge in [0, 0.05) is 12.2 Å². The van der Waals surface area contributed by atoms with Crippen molar-refractivity contribution in [3.8, 4) is 0 Å². The van der Waals surface area contributed by atoms with Crippen LogP contribution in [0.25, 0.3) is 0 Å². The van der Waals surface area contributed by atoms with Crippen molar-refractivity contribution < 1.29 is 0 Å². The van der Waals surface area contributed by atoms with Crippen LogP contribution < -0.4 is 5.32 Å². The third-order valence-corrected chi connectivity index (χ3v) is 1.51. The van der Waals surface area contributed by atoms with Crippen molar-refractivity contribution in [2.45, 2.75) is 13.8 Å². The van der Waals surface area contributed by atoms with E-state index in [0.717, 1.165) is 6.54 Å². The molecule has 0 aliphatic rings. The molecule has 0 saturated heterocycles. The van der Waals surface area contributed by atoms with Crippen LogP contribution in [0.5, 0.6) is 0 Å². The highest BCUT2D eigenvalue weighted by Gasteiger charge is 1.90. The Morgan fingerprint density at radius 2 is 1.83 bits per heavy atom. The zero-order valence-electron chi connectivity index (χ0n) is 8.09. The first-order chi connectivity index (χ1) is 5.84. The van der Waals surface area contributed by atoms with Crippen LogP contribution >= 0.6 is 9.24 Å². The van der Waals surface area contributed by atoms with Gasteiger partial charge in [0.15, 0.2) is 0 Å². The minimum atomic E-state index is 0.991. The van der Waals surface area contributed by atoms with E-state index in [-0.39, 0.29) is 0 Å². The van der Waals surface area contributed by atoms with E-state index in [4.69, 9.17) is 0 Å². The molecule has 1 aromatic rings. The molecule has 0 radical (unpaired) electrons. The van der Waals surface area contributed by atoms with Gasteiger partial charge in [-0.1, -0.05) is 24.9 Å². The number of nitrogens with one attached hydrogen (secondary N) is 1. The average Bonchev–Trinajstić information content (AvgIpc) is 2.13. The Morgan fingerprint density at radius 1 is 1.25 bits per heavy atom. The van der Waals surface area contributed by atoms with Crippen molar-refractivity contribution >= 4 is 14.9 Å². The molecule has 1 atom stereocenters. The highest BCUT2D eigenvalue weighted by Crippen LogP contribution is 2.11. The van der Waals surface area contributed by atoms with E-state index in [1.165, 1.54) is 11.3 Å². The fourth-order valence-electron chi connectivity index (χ4n) is 0.962. The molecular weight excluding hydrogens is 165 g/mol. The lowest BCUT2D eigenvalue weighted by atomic mass is 10.2. The monoisotopic (exact) mass is 183 g/mol. The van der Waals surface area contributed by atoms with Crippen LogP contribution in [0.2, 0.25) is 0 Å². The Morgan fingerprint density at radius 3 is 2.33 bits per heavy atom. The lowest BCUT2D eigenvalue weighted by Gasteiger charge is -2.04. The Kier molecular flexibility index (Phi) is 6.79. The predicted molar refractivity (Wildman–Crippen MR) is 61.0 cm³/mol. The topological polar surface area (TPSA) is 12.0 Å². The standard InChI is InChI=1S/C9H13N.CH5P/c1-3-10-9-7-5-4-6-8(9)2;1-2/h4-7,10H,3H2,1-2H3;2H2,1H3. The second-order valence-corrected chi connectivity index (χ2v) is 2.35. The largest absolute Gasteiger partial charge is 0.385 e. The van der Waals surface area contributed by atoms with Crippen molar-refractivity contribution in [1.29, 1.82) is 0 Å². The number of rotatable bonds is 2. The maximum atomic E-state index is 3.28. The quantitative estimate of drug-likeness (QED) is 0.695. The number of aryl methyl sites for hydroxylation is 1. The minimum Gasteiger partial charge on any atom is -0.385 e. The van der Waals surface area contributed by atoms with Crippen LogP contribution in [0.1, 0.15) is 12.5 Å². The molecule has 68 valence electrons. The molecule has 12 heavy (non-hydrogen) atoms. The van der Waals surface area contributed by atoms with E-state index >= 15 is 0 Å². The van der Waals surface area contributed by atoms with Gasteiger partial charge < -0.3 is 5.32 Å². The third kappa shape index (κ3) is 3.73. The van der Waals surface area contributed by atoms with Crippen LogP contribution in [0.4, 0.5) is 5.69 Å². The molecule has 0 fully saturated rings. The first-order valence-corrected chi connectivity index (χ1v) is 5.37. The molecule has 2 heteroatoms. The summed E-state index contributed by atoms with van der Waals surface area (Å²) in [6, 6.07) is 8.30. The highest BCUT2D eigenvalue weighted by molar-refractivity contribution is 7.15. The molecule has 1 nitrogen and oxygen atoms in total. The molecule has 0 aliphatic carbocycles. The summed E-state index contributed by atoms with van der Waals surface area (Å²) in [5.41, 5.74) is 2.55. The zero-order chi connectivity index (χ0) is 9.40. The van der Waals surface area contributed by atoms with E-state index in [9.17, 15) is 0 Å². The Labute approximate surface area is 77.8 Å². The fraction of sp³-hybridized carbons (Fsp3) is 0.400. The Hall–Kier alpha value is -0.550. The van der Waals surface area contributed by atoms with Gasteiger partial charge in [-0.05, 0) is 25.5 Å². The van der Waals surface area contributed by atoms with Gasteiger partial charge in [-0.2, -0.15) is 0 Å². The summed E-state index contributed by atoms with van der Waals surface area (Å²) in [6.07, 6.45) is 0. The molecule has 0 heterocycles. The van der Waals surface area contributed by atoms with Crippen LogP contribution in [0, 0.1) is 6.92 Å². The smallest absolute Gasteiger partial charge is 0.0369 e. The van der Waals surface area contributed by atoms with Gasteiger partial charge in [0.2, 0.25) is 0 Å². The van der Waals surface area contributed by atoms with Crippen LogP contribution in [0.3, 0.4) is 0 Å². The van der Waals surface area contributed by atoms with Crippen molar-refractivity contribution in [2.75, 3.05) is 18.5 Å². The number of benzene rings is 1. The predicted octanol–water partition coefficient (Wildman–Crippen LogP) is 2.92. The Bertz CT molecular complexity index is 211. The van der Waals surface area contributed by atoms with Gasteiger partial charge in [0.05, 0.1) is 0 Å².